The Morgan fingerprint density at radius 2 is 1.74 bits per heavy atom. The summed E-state index contributed by atoms with van der Waals surface area (Å²) < 4.78 is 0. The Morgan fingerprint density at radius 3 is 2.39 bits per heavy atom. The maximum atomic E-state index is 12.2. The van der Waals surface area contributed by atoms with Crippen LogP contribution >= 0.6 is 0 Å². The van der Waals surface area contributed by atoms with Gasteiger partial charge in [0.1, 0.15) is 17.2 Å². The van der Waals surface area contributed by atoms with Crippen molar-refractivity contribution in [1.82, 2.24) is 20.6 Å². The third-order valence-corrected chi connectivity index (χ3v) is 4.61. The van der Waals surface area contributed by atoms with Gasteiger partial charge in [0.05, 0.1) is 6.04 Å². The minimum atomic E-state index is -0.359. The fraction of sp³-hybridized carbons (Fsp3) is 0.167. The van der Waals surface area contributed by atoms with E-state index in [0.717, 1.165) is 16.7 Å². The first kappa shape index (κ1) is 21.7. The molecule has 2 heterocycles. The molecule has 31 heavy (non-hydrogen) atoms. The van der Waals surface area contributed by atoms with Gasteiger partial charge in [0.15, 0.2) is 0 Å². The maximum Gasteiger partial charge on any atom is 0.269 e. The van der Waals surface area contributed by atoms with Crippen LogP contribution in [0.25, 0.3) is 11.1 Å². The SMILES string of the molecule is CNC(=O)c1ccc(-c2ccc(NC(=O)C(C)NC)nc2C#Cc2ccccc2)cn1. The highest BCUT2D eigenvalue weighted by Crippen LogP contribution is 2.23. The number of nitrogens with one attached hydrogen (secondary N) is 3. The smallest absolute Gasteiger partial charge is 0.269 e. The first-order chi connectivity index (χ1) is 15.0. The number of rotatable bonds is 5. The first-order valence-electron chi connectivity index (χ1n) is 9.76. The maximum absolute atomic E-state index is 12.2. The predicted molar refractivity (Wildman–Crippen MR) is 120 cm³/mol. The number of hydrogen-bond acceptors (Lipinski definition) is 5. The third kappa shape index (κ3) is 5.53. The number of carbonyl (C=O) groups excluding carboxylic acids is 2. The van der Waals surface area contributed by atoms with E-state index in [0.29, 0.717) is 17.2 Å². The summed E-state index contributed by atoms with van der Waals surface area (Å²) in [6.45, 7) is 1.76. The Labute approximate surface area is 181 Å². The highest BCUT2D eigenvalue weighted by Gasteiger charge is 2.13. The molecule has 0 saturated heterocycles. The number of likely N-dealkylation sites (N-methyl/N-ethyl adjacent to an activating group) is 1. The quantitative estimate of drug-likeness (QED) is 0.559. The summed E-state index contributed by atoms with van der Waals surface area (Å²) in [6.07, 6.45) is 1.61. The lowest BCUT2D eigenvalue weighted by molar-refractivity contribution is -0.117. The molecule has 1 aromatic carbocycles. The number of benzene rings is 1. The van der Waals surface area contributed by atoms with Gasteiger partial charge in [-0.2, -0.15) is 0 Å². The van der Waals surface area contributed by atoms with Crippen molar-refractivity contribution in [3.63, 3.8) is 0 Å². The van der Waals surface area contributed by atoms with Crippen molar-refractivity contribution < 1.29 is 9.59 Å². The van der Waals surface area contributed by atoms with Gasteiger partial charge in [-0.3, -0.25) is 14.6 Å². The van der Waals surface area contributed by atoms with Gasteiger partial charge in [-0.1, -0.05) is 30.2 Å². The van der Waals surface area contributed by atoms with Crippen LogP contribution in [0.15, 0.2) is 60.8 Å². The van der Waals surface area contributed by atoms with E-state index in [2.05, 4.69) is 37.8 Å². The van der Waals surface area contributed by atoms with Crippen LogP contribution in [0.4, 0.5) is 5.82 Å². The average molecular weight is 413 g/mol. The van der Waals surface area contributed by atoms with Crippen LogP contribution in [0.5, 0.6) is 0 Å². The van der Waals surface area contributed by atoms with Crippen molar-refractivity contribution in [2.24, 2.45) is 0 Å². The Hall–Kier alpha value is -4.02. The third-order valence-electron chi connectivity index (χ3n) is 4.61. The zero-order chi connectivity index (χ0) is 22.2. The molecule has 0 spiro atoms. The Morgan fingerprint density at radius 1 is 0.968 bits per heavy atom. The predicted octanol–water partition coefficient (Wildman–Crippen LogP) is 2.45. The molecule has 1 atom stereocenters. The van der Waals surface area contributed by atoms with E-state index in [1.165, 1.54) is 0 Å². The molecule has 2 aromatic heterocycles. The molecular weight excluding hydrogens is 390 g/mol. The van der Waals surface area contributed by atoms with Crippen molar-refractivity contribution in [2.75, 3.05) is 19.4 Å². The van der Waals surface area contributed by atoms with Gasteiger partial charge in [0.25, 0.3) is 5.91 Å². The van der Waals surface area contributed by atoms with Gasteiger partial charge in [0, 0.05) is 29.9 Å². The number of anilines is 1. The second-order valence-corrected chi connectivity index (χ2v) is 6.72. The lowest BCUT2D eigenvalue weighted by Crippen LogP contribution is -2.35. The summed E-state index contributed by atoms with van der Waals surface area (Å²) >= 11 is 0. The lowest BCUT2D eigenvalue weighted by atomic mass is 10.0. The summed E-state index contributed by atoms with van der Waals surface area (Å²) in [5.41, 5.74) is 3.17. The van der Waals surface area contributed by atoms with E-state index in [1.54, 1.807) is 45.4 Å². The standard InChI is InChI=1S/C24H23N5O2/c1-16(25-2)23(30)29-22-14-11-19(18-10-13-21(27-15-18)24(31)26-3)20(28-22)12-9-17-7-5-4-6-8-17/h4-8,10-11,13-16,25H,1-3H3,(H,26,31)(H,28,29,30). The normalized spacial score (nSPS) is 11.1. The number of carbonyl (C=O) groups is 2. The monoisotopic (exact) mass is 413 g/mol. The number of pyridine rings is 2. The molecule has 7 nitrogen and oxygen atoms in total. The molecule has 1 unspecified atom stereocenters. The molecule has 2 amide bonds. The topological polar surface area (TPSA) is 96.0 Å². The molecule has 3 aromatic rings. The Kier molecular flexibility index (Phi) is 7.09. The summed E-state index contributed by atoms with van der Waals surface area (Å²) in [4.78, 5) is 32.8. The van der Waals surface area contributed by atoms with Gasteiger partial charge >= 0.3 is 0 Å². The number of nitrogens with zero attached hydrogens (tertiary/aromatic N) is 2. The average Bonchev–Trinajstić information content (AvgIpc) is 2.82. The van der Waals surface area contributed by atoms with Crippen LogP contribution in [0.1, 0.15) is 28.7 Å². The molecule has 3 N–H and O–H groups in total. The van der Waals surface area contributed by atoms with Crippen molar-refractivity contribution in [3.8, 4) is 23.0 Å². The molecule has 0 fully saturated rings. The van der Waals surface area contributed by atoms with Crippen molar-refractivity contribution >= 4 is 17.6 Å². The van der Waals surface area contributed by atoms with Crippen molar-refractivity contribution in [1.29, 1.82) is 0 Å². The van der Waals surface area contributed by atoms with E-state index in [4.69, 9.17) is 0 Å². The van der Waals surface area contributed by atoms with Crippen LogP contribution in [0.3, 0.4) is 0 Å². The van der Waals surface area contributed by atoms with Gasteiger partial charge in [0.2, 0.25) is 5.91 Å². The van der Waals surface area contributed by atoms with Crippen molar-refractivity contribution in [2.45, 2.75) is 13.0 Å². The first-order valence-corrected chi connectivity index (χ1v) is 9.76. The van der Waals surface area contributed by atoms with Crippen LogP contribution in [-0.2, 0) is 4.79 Å². The molecular formula is C24H23N5O2. The number of hydrogen-bond donors (Lipinski definition) is 3. The van der Waals surface area contributed by atoms with E-state index in [-0.39, 0.29) is 17.9 Å². The largest absolute Gasteiger partial charge is 0.354 e. The fourth-order valence-electron chi connectivity index (χ4n) is 2.69. The molecule has 0 aliphatic heterocycles. The molecule has 0 radical (unpaired) electrons. The molecule has 0 bridgehead atoms. The number of aromatic nitrogens is 2. The van der Waals surface area contributed by atoms with E-state index >= 15 is 0 Å². The summed E-state index contributed by atoms with van der Waals surface area (Å²) in [5, 5.41) is 8.23. The van der Waals surface area contributed by atoms with E-state index in [9.17, 15) is 9.59 Å². The van der Waals surface area contributed by atoms with Crippen molar-refractivity contribution in [3.05, 3.63) is 77.7 Å². The highest BCUT2D eigenvalue weighted by atomic mass is 16.2. The number of amides is 2. The van der Waals surface area contributed by atoms with Gasteiger partial charge in [-0.05, 0) is 50.2 Å². The molecule has 7 heteroatoms. The lowest BCUT2D eigenvalue weighted by Gasteiger charge is -2.12. The van der Waals surface area contributed by atoms with Gasteiger partial charge in [-0.15, -0.1) is 0 Å². The molecule has 156 valence electrons. The zero-order valence-corrected chi connectivity index (χ0v) is 17.6. The fourth-order valence-corrected chi connectivity index (χ4v) is 2.69. The second kappa shape index (κ2) is 10.1. The van der Waals surface area contributed by atoms with Crippen LogP contribution in [0.2, 0.25) is 0 Å². The van der Waals surface area contributed by atoms with E-state index in [1.807, 2.05) is 36.4 Å². The highest BCUT2D eigenvalue weighted by molar-refractivity contribution is 5.94. The zero-order valence-electron chi connectivity index (χ0n) is 17.6. The Bertz CT molecular complexity index is 1130. The Balaban J connectivity index is 2.00. The molecule has 3 rings (SSSR count). The molecule has 0 aliphatic carbocycles. The summed E-state index contributed by atoms with van der Waals surface area (Å²) in [5.74, 6) is 6.15. The van der Waals surface area contributed by atoms with E-state index < -0.39 is 0 Å². The summed E-state index contributed by atoms with van der Waals surface area (Å²) in [6, 6.07) is 16.2. The van der Waals surface area contributed by atoms with Crippen LogP contribution in [-0.4, -0.2) is 41.9 Å². The van der Waals surface area contributed by atoms with Gasteiger partial charge in [-0.25, -0.2) is 4.98 Å². The summed E-state index contributed by atoms with van der Waals surface area (Å²) in [7, 11) is 3.27. The minimum Gasteiger partial charge on any atom is -0.354 e. The van der Waals surface area contributed by atoms with Crippen LogP contribution in [0, 0.1) is 11.8 Å². The van der Waals surface area contributed by atoms with Crippen LogP contribution < -0.4 is 16.0 Å². The second-order valence-electron chi connectivity index (χ2n) is 6.72. The minimum absolute atomic E-state index is 0.193. The molecule has 0 saturated carbocycles. The molecule has 0 aliphatic rings. The van der Waals surface area contributed by atoms with Gasteiger partial charge < -0.3 is 16.0 Å².